The highest BCUT2D eigenvalue weighted by Crippen LogP contribution is 2.25. The minimum Gasteiger partial charge on any atom is -0.464 e. The fourth-order valence-electron chi connectivity index (χ4n) is 2.86. The zero-order valence-corrected chi connectivity index (χ0v) is 15.4. The van der Waals surface area contributed by atoms with Gasteiger partial charge in [-0.15, -0.1) is 0 Å². The van der Waals surface area contributed by atoms with Gasteiger partial charge in [-0.05, 0) is 49.2 Å². The molecule has 134 valence electrons. The number of para-hydroxylation sites is 1. The van der Waals surface area contributed by atoms with E-state index >= 15 is 0 Å². The molecule has 0 fully saturated rings. The zero-order chi connectivity index (χ0) is 18.8. The standard InChI is InChI=1S/C21H22N2O3/c1-13-9-17-15(12-26-19(17)10-14(13)2)11-20(24)22-18-8-6-5-7-16(18)21(25)23(3)4/h5-10,12H,11H2,1-4H3,(H,22,24). The molecule has 3 rings (SSSR count). The Morgan fingerprint density at radius 3 is 2.50 bits per heavy atom. The quantitative estimate of drug-likeness (QED) is 0.775. The summed E-state index contributed by atoms with van der Waals surface area (Å²) in [5.41, 5.74) is 4.89. The first kappa shape index (κ1) is 17.7. The van der Waals surface area contributed by atoms with Crippen LogP contribution in [0.1, 0.15) is 27.0 Å². The van der Waals surface area contributed by atoms with Gasteiger partial charge in [0.15, 0.2) is 0 Å². The lowest BCUT2D eigenvalue weighted by molar-refractivity contribution is -0.115. The van der Waals surface area contributed by atoms with E-state index in [1.807, 2.05) is 26.0 Å². The van der Waals surface area contributed by atoms with Crippen molar-refractivity contribution in [2.24, 2.45) is 0 Å². The molecule has 0 bridgehead atoms. The summed E-state index contributed by atoms with van der Waals surface area (Å²) in [7, 11) is 3.37. The topological polar surface area (TPSA) is 62.6 Å². The number of rotatable bonds is 4. The summed E-state index contributed by atoms with van der Waals surface area (Å²) in [6.07, 6.45) is 1.81. The smallest absolute Gasteiger partial charge is 0.255 e. The van der Waals surface area contributed by atoms with Crippen LogP contribution in [-0.4, -0.2) is 30.8 Å². The number of carbonyl (C=O) groups is 2. The van der Waals surface area contributed by atoms with Crippen LogP contribution in [0.2, 0.25) is 0 Å². The van der Waals surface area contributed by atoms with Crippen molar-refractivity contribution in [3.8, 4) is 0 Å². The summed E-state index contributed by atoms with van der Waals surface area (Å²) < 4.78 is 5.59. The van der Waals surface area contributed by atoms with Crippen molar-refractivity contribution in [1.82, 2.24) is 4.90 Å². The van der Waals surface area contributed by atoms with Crippen LogP contribution >= 0.6 is 0 Å². The first-order chi connectivity index (χ1) is 12.4. The van der Waals surface area contributed by atoms with Crippen LogP contribution in [0.4, 0.5) is 5.69 Å². The maximum Gasteiger partial charge on any atom is 0.255 e. The number of hydrogen-bond donors (Lipinski definition) is 1. The van der Waals surface area contributed by atoms with Gasteiger partial charge in [0, 0.05) is 25.0 Å². The van der Waals surface area contributed by atoms with Crippen molar-refractivity contribution in [1.29, 1.82) is 0 Å². The summed E-state index contributed by atoms with van der Waals surface area (Å²) >= 11 is 0. The molecule has 0 aliphatic heterocycles. The predicted molar refractivity (Wildman–Crippen MR) is 102 cm³/mol. The normalized spacial score (nSPS) is 10.8. The van der Waals surface area contributed by atoms with Crippen molar-refractivity contribution in [2.75, 3.05) is 19.4 Å². The number of nitrogens with zero attached hydrogens (tertiary/aromatic N) is 1. The Morgan fingerprint density at radius 1 is 1.08 bits per heavy atom. The minimum atomic E-state index is -0.190. The molecular formula is C21H22N2O3. The number of nitrogens with one attached hydrogen (secondary N) is 1. The van der Waals surface area contributed by atoms with Crippen molar-refractivity contribution >= 4 is 28.5 Å². The third-order valence-corrected chi connectivity index (χ3v) is 4.46. The average molecular weight is 350 g/mol. The molecule has 0 saturated heterocycles. The Bertz CT molecular complexity index is 986. The van der Waals surface area contributed by atoms with Gasteiger partial charge in [-0.1, -0.05) is 12.1 Å². The second kappa shape index (κ2) is 7.04. The summed E-state index contributed by atoms with van der Waals surface area (Å²) in [4.78, 5) is 26.3. The lowest BCUT2D eigenvalue weighted by Crippen LogP contribution is -2.24. The number of benzene rings is 2. The molecular weight excluding hydrogens is 328 g/mol. The van der Waals surface area contributed by atoms with Gasteiger partial charge >= 0.3 is 0 Å². The molecule has 5 nitrogen and oxygen atoms in total. The first-order valence-electron chi connectivity index (χ1n) is 8.44. The fourth-order valence-corrected chi connectivity index (χ4v) is 2.86. The van der Waals surface area contributed by atoms with Crippen molar-refractivity contribution in [2.45, 2.75) is 20.3 Å². The Morgan fingerprint density at radius 2 is 1.77 bits per heavy atom. The molecule has 0 saturated carbocycles. The van der Waals surface area contributed by atoms with Crippen molar-refractivity contribution < 1.29 is 14.0 Å². The highest BCUT2D eigenvalue weighted by Gasteiger charge is 2.16. The maximum absolute atomic E-state index is 12.5. The number of carbonyl (C=O) groups excluding carboxylic acids is 2. The Labute approximate surface area is 152 Å². The first-order valence-corrected chi connectivity index (χ1v) is 8.44. The van der Waals surface area contributed by atoms with Crippen LogP contribution in [0.3, 0.4) is 0 Å². The lowest BCUT2D eigenvalue weighted by atomic mass is 10.0. The fraction of sp³-hybridized carbons (Fsp3) is 0.238. The van der Waals surface area contributed by atoms with E-state index in [9.17, 15) is 9.59 Å². The highest BCUT2D eigenvalue weighted by molar-refractivity contribution is 6.04. The van der Waals surface area contributed by atoms with E-state index in [1.54, 1.807) is 44.6 Å². The lowest BCUT2D eigenvalue weighted by Gasteiger charge is -2.14. The largest absolute Gasteiger partial charge is 0.464 e. The Hall–Kier alpha value is -3.08. The van der Waals surface area contributed by atoms with Crippen molar-refractivity contribution in [3.05, 3.63) is 64.9 Å². The van der Waals surface area contributed by atoms with Crippen LogP contribution in [0.15, 0.2) is 47.1 Å². The second-order valence-corrected chi connectivity index (χ2v) is 6.66. The molecule has 3 aromatic rings. The van der Waals surface area contributed by atoms with E-state index in [4.69, 9.17) is 4.42 Å². The molecule has 2 aromatic carbocycles. The molecule has 5 heteroatoms. The van der Waals surface area contributed by atoms with Crippen molar-refractivity contribution in [3.63, 3.8) is 0 Å². The van der Waals surface area contributed by atoms with E-state index in [-0.39, 0.29) is 18.2 Å². The van der Waals surface area contributed by atoms with Crippen LogP contribution < -0.4 is 5.32 Å². The van der Waals surface area contributed by atoms with E-state index < -0.39 is 0 Å². The van der Waals surface area contributed by atoms with Crippen LogP contribution in [-0.2, 0) is 11.2 Å². The van der Waals surface area contributed by atoms with Gasteiger partial charge in [0.1, 0.15) is 5.58 Å². The zero-order valence-electron chi connectivity index (χ0n) is 15.4. The number of amides is 2. The number of aryl methyl sites for hydroxylation is 2. The van der Waals surface area contributed by atoms with Gasteiger partial charge in [-0.3, -0.25) is 9.59 Å². The SMILES string of the molecule is Cc1cc2occ(CC(=O)Nc3ccccc3C(=O)N(C)C)c2cc1C. The molecule has 1 aromatic heterocycles. The van der Waals surface area contributed by atoms with Gasteiger partial charge in [0.2, 0.25) is 5.91 Å². The molecule has 26 heavy (non-hydrogen) atoms. The average Bonchev–Trinajstić information content (AvgIpc) is 2.96. The van der Waals surface area contributed by atoms with E-state index in [2.05, 4.69) is 5.32 Å². The number of furan rings is 1. The molecule has 0 spiro atoms. The Balaban J connectivity index is 1.83. The molecule has 0 unspecified atom stereocenters. The monoisotopic (exact) mass is 350 g/mol. The highest BCUT2D eigenvalue weighted by atomic mass is 16.3. The molecule has 1 heterocycles. The molecule has 0 atom stereocenters. The number of fused-ring (bicyclic) bond motifs is 1. The van der Waals surface area contributed by atoms with Crippen LogP contribution in [0, 0.1) is 13.8 Å². The van der Waals surface area contributed by atoms with Gasteiger partial charge < -0.3 is 14.6 Å². The third kappa shape index (κ3) is 3.47. The summed E-state index contributed by atoms with van der Waals surface area (Å²) in [6.45, 7) is 4.07. The van der Waals surface area contributed by atoms with Gasteiger partial charge in [-0.25, -0.2) is 0 Å². The molecule has 2 amide bonds. The Kier molecular flexibility index (Phi) is 4.80. The summed E-state index contributed by atoms with van der Waals surface area (Å²) in [6, 6.07) is 11.0. The molecule has 1 N–H and O–H groups in total. The van der Waals surface area contributed by atoms with Gasteiger partial charge in [-0.2, -0.15) is 0 Å². The van der Waals surface area contributed by atoms with E-state index in [0.717, 1.165) is 27.7 Å². The minimum absolute atomic E-state index is 0.152. The second-order valence-electron chi connectivity index (χ2n) is 6.66. The van der Waals surface area contributed by atoms with Crippen LogP contribution in [0.25, 0.3) is 11.0 Å². The molecule has 0 aliphatic carbocycles. The maximum atomic E-state index is 12.5. The molecule has 0 radical (unpaired) electrons. The predicted octanol–water partition coefficient (Wildman–Crippen LogP) is 3.93. The van der Waals surface area contributed by atoms with E-state index in [0.29, 0.717) is 11.3 Å². The van der Waals surface area contributed by atoms with E-state index in [1.165, 1.54) is 4.90 Å². The molecule has 0 aliphatic rings. The van der Waals surface area contributed by atoms with Crippen LogP contribution in [0.5, 0.6) is 0 Å². The third-order valence-electron chi connectivity index (χ3n) is 4.46. The van der Waals surface area contributed by atoms with Gasteiger partial charge in [0.05, 0.1) is 23.9 Å². The van der Waals surface area contributed by atoms with Gasteiger partial charge in [0.25, 0.3) is 5.91 Å². The summed E-state index contributed by atoms with van der Waals surface area (Å²) in [5.74, 6) is -0.342. The summed E-state index contributed by atoms with van der Waals surface area (Å²) in [5, 5.41) is 3.79. The number of hydrogen-bond acceptors (Lipinski definition) is 3. The number of anilines is 1.